The van der Waals surface area contributed by atoms with Crippen LogP contribution in [0.1, 0.15) is 28.0 Å². The molecule has 2 heteroatoms. The fraction of sp³-hybridized carbons (Fsp3) is 0.200. The third-order valence-electron chi connectivity index (χ3n) is 2.09. The van der Waals surface area contributed by atoms with Crippen molar-refractivity contribution in [1.82, 2.24) is 4.98 Å². The molecule has 0 fully saturated rings. The molecule has 2 nitrogen and oxygen atoms in total. The second kappa shape index (κ2) is 2.89. The van der Waals surface area contributed by atoms with Crippen LogP contribution in [0.15, 0.2) is 18.3 Å². The minimum Gasteiger partial charge on any atom is -0.296 e. The molecule has 1 aromatic rings. The third-order valence-corrected chi connectivity index (χ3v) is 2.09. The minimum absolute atomic E-state index is 0.559. The maximum absolute atomic E-state index is 10.6. The second-order valence-electron chi connectivity index (χ2n) is 2.83. The molecule has 12 heavy (non-hydrogen) atoms. The van der Waals surface area contributed by atoms with Crippen LogP contribution in [-0.4, -0.2) is 11.3 Å². The van der Waals surface area contributed by atoms with E-state index in [0.29, 0.717) is 5.69 Å². The fourth-order valence-corrected chi connectivity index (χ4v) is 1.48. The van der Waals surface area contributed by atoms with E-state index in [-0.39, 0.29) is 0 Å². The first kappa shape index (κ1) is 7.22. The zero-order valence-corrected chi connectivity index (χ0v) is 6.66. The van der Waals surface area contributed by atoms with Gasteiger partial charge >= 0.3 is 0 Å². The summed E-state index contributed by atoms with van der Waals surface area (Å²) < 4.78 is 0. The quantitative estimate of drug-likeness (QED) is 0.585. The average molecular weight is 159 g/mol. The van der Waals surface area contributed by atoms with Crippen LogP contribution in [0.5, 0.6) is 0 Å². The lowest BCUT2D eigenvalue weighted by Gasteiger charge is -2.10. The van der Waals surface area contributed by atoms with Gasteiger partial charge in [-0.05, 0) is 24.5 Å². The number of rotatable bonds is 1. The summed E-state index contributed by atoms with van der Waals surface area (Å²) in [5.74, 6) is 0. The predicted molar refractivity (Wildman–Crippen MR) is 47.0 cm³/mol. The van der Waals surface area contributed by atoms with Crippen molar-refractivity contribution >= 4 is 12.4 Å². The van der Waals surface area contributed by atoms with Gasteiger partial charge in [-0.2, -0.15) is 0 Å². The topological polar surface area (TPSA) is 30.0 Å². The molecule has 1 aliphatic carbocycles. The number of carbonyl (C=O) groups excluding carboxylic acids is 1. The molecule has 0 amide bonds. The molecular formula is C10H9NO. The first-order chi connectivity index (χ1) is 5.92. The molecule has 0 aliphatic heterocycles. The molecule has 0 bridgehead atoms. The summed E-state index contributed by atoms with van der Waals surface area (Å²) in [7, 11) is 0. The summed E-state index contributed by atoms with van der Waals surface area (Å²) in [5, 5.41) is 0. The Hall–Kier alpha value is -1.44. The Bertz CT molecular complexity index is 342. The van der Waals surface area contributed by atoms with Crippen molar-refractivity contribution in [2.45, 2.75) is 12.8 Å². The molecule has 0 N–H and O–H groups in total. The molecule has 60 valence electrons. The summed E-state index contributed by atoms with van der Waals surface area (Å²) >= 11 is 0. The second-order valence-corrected chi connectivity index (χ2v) is 2.83. The molecule has 0 saturated carbocycles. The summed E-state index contributed by atoms with van der Waals surface area (Å²) in [4.78, 5) is 14.6. The first-order valence-corrected chi connectivity index (χ1v) is 4.01. The monoisotopic (exact) mass is 159 g/mol. The van der Waals surface area contributed by atoms with Crippen LogP contribution >= 0.6 is 0 Å². The van der Waals surface area contributed by atoms with Crippen molar-refractivity contribution in [3.63, 3.8) is 0 Å². The largest absolute Gasteiger partial charge is 0.296 e. The van der Waals surface area contributed by atoms with E-state index in [4.69, 9.17) is 0 Å². The van der Waals surface area contributed by atoms with E-state index in [1.165, 1.54) is 5.56 Å². The van der Waals surface area contributed by atoms with Crippen molar-refractivity contribution in [2.24, 2.45) is 0 Å². The molecule has 0 unspecified atom stereocenters. The van der Waals surface area contributed by atoms with Crippen LogP contribution in [0.3, 0.4) is 0 Å². The first-order valence-electron chi connectivity index (χ1n) is 4.01. The molecule has 1 heterocycles. The Morgan fingerprint density at radius 2 is 2.42 bits per heavy atom. The van der Waals surface area contributed by atoms with Gasteiger partial charge in [-0.25, -0.2) is 0 Å². The van der Waals surface area contributed by atoms with Gasteiger partial charge < -0.3 is 0 Å². The summed E-state index contributed by atoms with van der Waals surface area (Å²) in [6.07, 6.45) is 8.66. The van der Waals surface area contributed by atoms with Crippen molar-refractivity contribution in [2.75, 3.05) is 0 Å². The number of hydrogen-bond donors (Lipinski definition) is 0. The van der Waals surface area contributed by atoms with Gasteiger partial charge in [-0.1, -0.05) is 12.2 Å². The highest BCUT2D eigenvalue weighted by Gasteiger charge is 2.08. The Morgan fingerprint density at radius 1 is 1.50 bits per heavy atom. The number of aromatic nitrogens is 1. The number of hydrogen-bond acceptors (Lipinski definition) is 2. The highest BCUT2D eigenvalue weighted by atomic mass is 16.1. The van der Waals surface area contributed by atoms with Crippen LogP contribution in [0.4, 0.5) is 0 Å². The van der Waals surface area contributed by atoms with Crippen molar-refractivity contribution in [3.8, 4) is 0 Å². The normalized spacial score (nSPS) is 14.0. The zero-order chi connectivity index (χ0) is 8.39. The van der Waals surface area contributed by atoms with E-state index in [0.717, 1.165) is 24.7 Å². The summed E-state index contributed by atoms with van der Waals surface area (Å²) in [6, 6.07) is 1.98. The van der Waals surface area contributed by atoms with Gasteiger partial charge in [0, 0.05) is 11.8 Å². The lowest BCUT2D eigenvalue weighted by Crippen LogP contribution is -2.00. The Morgan fingerprint density at radius 3 is 3.25 bits per heavy atom. The minimum atomic E-state index is 0.559. The molecule has 2 rings (SSSR count). The van der Waals surface area contributed by atoms with Crippen LogP contribution in [0.2, 0.25) is 0 Å². The molecule has 0 atom stereocenters. The van der Waals surface area contributed by atoms with E-state index in [1.807, 2.05) is 12.1 Å². The molecule has 1 aromatic heterocycles. The maximum Gasteiger partial charge on any atom is 0.169 e. The van der Waals surface area contributed by atoms with Crippen molar-refractivity contribution < 1.29 is 4.79 Å². The van der Waals surface area contributed by atoms with Gasteiger partial charge in [0.1, 0.15) is 5.69 Å². The van der Waals surface area contributed by atoms with E-state index < -0.39 is 0 Å². The lowest BCUT2D eigenvalue weighted by atomic mass is 9.97. The molecule has 0 aromatic carbocycles. The van der Waals surface area contributed by atoms with E-state index >= 15 is 0 Å². The third kappa shape index (κ3) is 1.05. The molecule has 0 saturated heterocycles. The summed E-state index contributed by atoms with van der Waals surface area (Å²) in [5.41, 5.74) is 2.79. The highest BCUT2D eigenvalue weighted by molar-refractivity contribution is 5.80. The maximum atomic E-state index is 10.6. The average Bonchev–Trinajstić information content (AvgIpc) is 2.17. The fourth-order valence-electron chi connectivity index (χ4n) is 1.48. The van der Waals surface area contributed by atoms with Gasteiger partial charge in [0.15, 0.2) is 6.29 Å². The smallest absolute Gasteiger partial charge is 0.169 e. The molecule has 0 radical (unpaired) electrons. The molecule has 0 spiro atoms. The van der Waals surface area contributed by atoms with Crippen molar-refractivity contribution in [1.29, 1.82) is 0 Å². The SMILES string of the molecule is O=Cc1nccc2c1C=CCC2. The Balaban J connectivity index is 2.61. The van der Waals surface area contributed by atoms with Crippen molar-refractivity contribution in [3.05, 3.63) is 35.2 Å². The predicted octanol–water partition coefficient (Wildman–Crippen LogP) is 1.85. The number of carbonyl (C=O) groups is 1. The van der Waals surface area contributed by atoms with E-state index in [9.17, 15) is 4.79 Å². The van der Waals surface area contributed by atoms with Crippen LogP contribution < -0.4 is 0 Å². The zero-order valence-electron chi connectivity index (χ0n) is 6.66. The highest BCUT2D eigenvalue weighted by Crippen LogP contribution is 2.19. The standard InChI is InChI=1S/C10H9NO/c12-7-10-9-4-2-1-3-8(9)5-6-11-10/h2,4-7H,1,3H2. The lowest BCUT2D eigenvalue weighted by molar-refractivity contribution is 0.111. The van der Waals surface area contributed by atoms with Gasteiger partial charge in [0.2, 0.25) is 0 Å². The summed E-state index contributed by atoms with van der Waals surface area (Å²) in [6.45, 7) is 0. The molecule has 1 aliphatic rings. The van der Waals surface area contributed by atoms with E-state index in [2.05, 4.69) is 11.1 Å². The Labute approximate surface area is 70.9 Å². The Kier molecular flexibility index (Phi) is 1.74. The van der Waals surface area contributed by atoms with Gasteiger partial charge in [0.05, 0.1) is 0 Å². The van der Waals surface area contributed by atoms with Gasteiger partial charge in [-0.15, -0.1) is 0 Å². The number of aldehydes is 1. The number of aryl methyl sites for hydroxylation is 1. The van der Waals surface area contributed by atoms with Gasteiger partial charge in [0.25, 0.3) is 0 Å². The van der Waals surface area contributed by atoms with Crippen LogP contribution in [-0.2, 0) is 6.42 Å². The van der Waals surface area contributed by atoms with Gasteiger partial charge in [-0.3, -0.25) is 9.78 Å². The van der Waals surface area contributed by atoms with E-state index in [1.54, 1.807) is 6.20 Å². The number of nitrogens with zero attached hydrogens (tertiary/aromatic N) is 1. The number of fused-ring (bicyclic) bond motifs is 1. The number of allylic oxidation sites excluding steroid dienone is 1. The molecular weight excluding hydrogens is 150 g/mol. The van der Waals surface area contributed by atoms with Crippen LogP contribution in [0, 0.1) is 0 Å². The number of pyridine rings is 1. The van der Waals surface area contributed by atoms with Crippen LogP contribution in [0.25, 0.3) is 6.08 Å².